The summed E-state index contributed by atoms with van der Waals surface area (Å²) in [5.41, 5.74) is 3.64. The first-order valence-electron chi connectivity index (χ1n) is 9.97. The van der Waals surface area contributed by atoms with E-state index in [0.29, 0.717) is 28.7 Å². The van der Waals surface area contributed by atoms with E-state index in [1.807, 2.05) is 36.7 Å². The molecule has 0 N–H and O–H groups in total. The fourth-order valence-electron chi connectivity index (χ4n) is 3.57. The molecule has 0 saturated carbocycles. The van der Waals surface area contributed by atoms with Gasteiger partial charge in [-0.05, 0) is 48.9 Å². The van der Waals surface area contributed by atoms with Crippen LogP contribution in [0.4, 0.5) is 4.39 Å². The number of benzene rings is 2. The van der Waals surface area contributed by atoms with Gasteiger partial charge in [-0.25, -0.2) is 14.4 Å². The average Bonchev–Trinajstić information content (AvgIpc) is 3.36. The summed E-state index contributed by atoms with van der Waals surface area (Å²) in [6.45, 7) is 2.08. The monoisotopic (exact) mass is 430 g/mol. The molecule has 3 heterocycles. The number of halogens is 1. The van der Waals surface area contributed by atoms with E-state index in [2.05, 4.69) is 9.97 Å². The molecule has 0 unspecified atom stereocenters. The van der Waals surface area contributed by atoms with Crippen molar-refractivity contribution in [1.82, 2.24) is 19.1 Å². The maximum absolute atomic E-state index is 13.0. The zero-order valence-electron chi connectivity index (χ0n) is 17.4. The number of rotatable bonds is 5. The Morgan fingerprint density at radius 3 is 2.62 bits per heavy atom. The minimum absolute atomic E-state index is 0.226. The minimum Gasteiger partial charge on any atom is -0.489 e. The summed E-state index contributed by atoms with van der Waals surface area (Å²) in [5.74, 6) is 1.53. The van der Waals surface area contributed by atoms with Crippen LogP contribution in [0.3, 0.4) is 0 Å². The molecule has 5 aromatic rings. The molecule has 5 rings (SSSR count). The van der Waals surface area contributed by atoms with Crippen LogP contribution in [0.15, 0.2) is 76.4 Å². The highest BCUT2D eigenvalue weighted by Gasteiger charge is 2.16. The molecule has 0 fully saturated rings. The summed E-state index contributed by atoms with van der Waals surface area (Å²) < 4.78 is 27.5. The summed E-state index contributed by atoms with van der Waals surface area (Å²) in [7, 11) is 1.90. The van der Waals surface area contributed by atoms with Crippen LogP contribution in [-0.4, -0.2) is 19.1 Å². The van der Waals surface area contributed by atoms with Gasteiger partial charge in [-0.2, -0.15) is 0 Å². The number of nitrogens with zero attached hydrogens (tertiary/aromatic N) is 4. The van der Waals surface area contributed by atoms with E-state index in [-0.39, 0.29) is 18.0 Å². The van der Waals surface area contributed by atoms with Gasteiger partial charge in [-0.3, -0.25) is 9.36 Å². The Bertz CT molecular complexity index is 1480. The summed E-state index contributed by atoms with van der Waals surface area (Å²) in [4.78, 5) is 21.7. The standard InChI is InChI=1S/C24H19FN4O3/c1-15-23(26-14-32-15)24-27-20-8-7-18(11-21(20)28(24)2)29-10-9-19(12-22(29)30)31-13-16-3-5-17(25)6-4-16/h3-12,14H,13H2,1-2H3. The average molecular weight is 430 g/mol. The fraction of sp³-hybridized carbons (Fsp3) is 0.125. The molecule has 0 atom stereocenters. The Morgan fingerprint density at radius 2 is 1.91 bits per heavy atom. The van der Waals surface area contributed by atoms with E-state index >= 15 is 0 Å². The maximum atomic E-state index is 13.0. The van der Waals surface area contributed by atoms with E-state index in [0.717, 1.165) is 16.6 Å². The number of hydrogen-bond acceptors (Lipinski definition) is 5. The number of imidazole rings is 1. The zero-order chi connectivity index (χ0) is 22.2. The van der Waals surface area contributed by atoms with Crippen molar-refractivity contribution in [3.8, 4) is 23.0 Å². The third kappa shape index (κ3) is 3.56. The smallest absolute Gasteiger partial charge is 0.258 e. The van der Waals surface area contributed by atoms with Crippen molar-refractivity contribution in [1.29, 1.82) is 0 Å². The molecule has 0 amide bonds. The molecule has 3 aromatic heterocycles. The molecule has 0 radical (unpaired) electrons. The SMILES string of the molecule is Cc1ocnc1-c1nc2ccc(-n3ccc(OCc4ccc(F)cc4)cc3=O)cc2n1C. The second-order valence-electron chi connectivity index (χ2n) is 7.41. The van der Waals surface area contributed by atoms with Gasteiger partial charge in [-0.1, -0.05) is 12.1 Å². The van der Waals surface area contributed by atoms with Crippen molar-refractivity contribution in [3.05, 3.63) is 94.7 Å². The molecule has 32 heavy (non-hydrogen) atoms. The highest BCUT2D eigenvalue weighted by molar-refractivity contribution is 5.82. The highest BCUT2D eigenvalue weighted by atomic mass is 19.1. The van der Waals surface area contributed by atoms with Gasteiger partial charge >= 0.3 is 0 Å². The first kappa shape index (κ1) is 19.7. The lowest BCUT2D eigenvalue weighted by Gasteiger charge is -2.09. The topological polar surface area (TPSA) is 75.1 Å². The molecule has 160 valence electrons. The van der Waals surface area contributed by atoms with Crippen LogP contribution >= 0.6 is 0 Å². The largest absolute Gasteiger partial charge is 0.489 e. The van der Waals surface area contributed by atoms with Crippen molar-refractivity contribution in [2.45, 2.75) is 13.5 Å². The Hall–Kier alpha value is -4.20. The Kier molecular flexibility index (Phi) is 4.82. The van der Waals surface area contributed by atoms with E-state index in [1.165, 1.54) is 29.2 Å². The number of hydrogen-bond donors (Lipinski definition) is 0. The zero-order valence-corrected chi connectivity index (χ0v) is 17.4. The second kappa shape index (κ2) is 7.81. The van der Waals surface area contributed by atoms with Gasteiger partial charge in [0.1, 0.15) is 29.6 Å². The maximum Gasteiger partial charge on any atom is 0.258 e. The Balaban J connectivity index is 1.43. The predicted octanol–water partition coefficient (Wildman–Crippen LogP) is 4.41. The lowest BCUT2D eigenvalue weighted by atomic mass is 10.2. The van der Waals surface area contributed by atoms with E-state index in [9.17, 15) is 9.18 Å². The molecule has 0 aliphatic rings. The first-order chi connectivity index (χ1) is 15.5. The van der Waals surface area contributed by atoms with Gasteiger partial charge in [0.05, 0.1) is 16.7 Å². The molecule has 7 nitrogen and oxygen atoms in total. The van der Waals surface area contributed by atoms with Crippen molar-refractivity contribution >= 4 is 11.0 Å². The second-order valence-corrected chi connectivity index (χ2v) is 7.41. The molecular formula is C24H19FN4O3. The normalized spacial score (nSPS) is 11.2. The van der Waals surface area contributed by atoms with Crippen LogP contribution in [0.1, 0.15) is 11.3 Å². The van der Waals surface area contributed by atoms with Gasteiger partial charge in [0.15, 0.2) is 12.2 Å². The van der Waals surface area contributed by atoms with Crippen LogP contribution in [0, 0.1) is 12.7 Å². The van der Waals surface area contributed by atoms with Crippen molar-refractivity contribution < 1.29 is 13.5 Å². The number of ether oxygens (including phenoxy) is 1. The molecule has 8 heteroatoms. The van der Waals surface area contributed by atoms with Crippen LogP contribution in [-0.2, 0) is 13.7 Å². The van der Waals surface area contributed by atoms with Crippen LogP contribution in [0.5, 0.6) is 5.75 Å². The van der Waals surface area contributed by atoms with Crippen LogP contribution < -0.4 is 10.3 Å². The molecule has 0 aliphatic carbocycles. The highest BCUT2D eigenvalue weighted by Crippen LogP contribution is 2.26. The van der Waals surface area contributed by atoms with E-state index in [4.69, 9.17) is 9.15 Å². The molecule has 0 aliphatic heterocycles. The van der Waals surface area contributed by atoms with E-state index < -0.39 is 0 Å². The first-order valence-corrected chi connectivity index (χ1v) is 9.97. The summed E-state index contributed by atoms with van der Waals surface area (Å²) in [6.07, 6.45) is 3.07. The number of pyridine rings is 1. The Labute approximate surface area is 182 Å². The lowest BCUT2D eigenvalue weighted by Crippen LogP contribution is -2.16. The fourth-order valence-corrected chi connectivity index (χ4v) is 3.57. The number of aromatic nitrogens is 4. The molecule has 2 aromatic carbocycles. The quantitative estimate of drug-likeness (QED) is 0.413. The third-order valence-corrected chi connectivity index (χ3v) is 5.31. The van der Waals surface area contributed by atoms with Crippen LogP contribution in [0.2, 0.25) is 0 Å². The van der Waals surface area contributed by atoms with Gasteiger partial charge in [-0.15, -0.1) is 0 Å². The van der Waals surface area contributed by atoms with Crippen molar-refractivity contribution in [3.63, 3.8) is 0 Å². The predicted molar refractivity (Wildman–Crippen MR) is 117 cm³/mol. The van der Waals surface area contributed by atoms with E-state index in [1.54, 1.807) is 24.4 Å². The summed E-state index contributed by atoms with van der Waals surface area (Å²) in [6, 6.07) is 14.8. The third-order valence-electron chi connectivity index (χ3n) is 5.31. The van der Waals surface area contributed by atoms with Gasteiger partial charge in [0.2, 0.25) is 0 Å². The van der Waals surface area contributed by atoms with Gasteiger partial charge in [0.25, 0.3) is 5.56 Å². The molecular weight excluding hydrogens is 411 g/mol. The molecule has 0 spiro atoms. The van der Waals surface area contributed by atoms with Gasteiger partial charge < -0.3 is 13.7 Å². The van der Waals surface area contributed by atoms with Gasteiger partial charge in [0, 0.05) is 19.3 Å². The summed E-state index contributed by atoms with van der Waals surface area (Å²) in [5, 5.41) is 0. The van der Waals surface area contributed by atoms with Crippen LogP contribution in [0.25, 0.3) is 28.2 Å². The lowest BCUT2D eigenvalue weighted by molar-refractivity contribution is 0.305. The number of fused-ring (bicyclic) bond motifs is 1. The Morgan fingerprint density at radius 1 is 1.09 bits per heavy atom. The minimum atomic E-state index is -0.301. The van der Waals surface area contributed by atoms with Crippen molar-refractivity contribution in [2.75, 3.05) is 0 Å². The summed E-state index contributed by atoms with van der Waals surface area (Å²) >= 11 is 0. The number of oxazole rings is 1. The molecule has 0 bridgehead atoms. The number of aryl methyl sites for hydroxylation is 2. The molecule has 0 saturated heterocycles. The van der Waals surface area contributed by atoms with Crippen molar-refractivity contribution in [2.24, 2.45) is 7.05 Å².